The van der Waals surface area contributed by atoms with Crippen LogP contribution in [0.3, 0.4) is 0 Å². The molecule has 2 heterocycles. The summed E-state index contributed by atoms with van der Waals surface area (Å²) < 4.78 is 48.1. The summed E-state index contributed by atoms with van der Waals surface area (Å²) in [6.07, 6.45) is -1.99. The van der Waals surface area contributed by atoms with E-state index in [1.807, 2.05) is 6.07 Å². The maximum Gasteiger partial charge on any atom is 0.422 e. The molecule has 6 nitrogen and oxygen atoms in total. The highest BCUT2D eigenvalue weighted by Crippen LogP contribution is 2.34. The number of hydrogen-bond donors (Lipinski definition) is 1. The minimum atomic E-state index is -4.47. The lowest BCUT2D eigenvalue weighted by Crippen LogP contribution is -2.40. The van der Waals surface area contributed by atoms with Crippen molar-refractivity contribution in [2.24, 2.45) is 0 Å². The van der Waals surface area contributed by atoms with E-state index in [0.717, 1.165) is 0 Å². The van der Waals surface area contributed by atoms with Crippen molar-refractivity contribution < 1.29 is 27.4 Å². The summed E-state index contributed by atoms with van der Waals surface area (Å²) in [7, 11) is 1.61. The molecule has 1 saturated heterocycles. The molecule has 1 aromatic carbocycles. The zero-order valence-corrected chi connectivity index (χ0v) is 15.9. The van der Waals surface area contributed by atoms with Crippen LogP contribution in [-0.4, -0.2) is 43.9 Å². The molecule has 1 fully saturated rings. The predicted molar refractivity (Wildman–Crippen MR) is 101 cm³/mol. The van der Waals surface area contributed by atoms with Gasteiger partial charge >= 0.3 is 6.18 Å². The number of pyridine rings is 1. The first-order valence-corrected chi connectivity index (χ1v) is 9.23. The zero-order valence-electron chi connectivity index (χ0n) is 15.9. The number of amides is 1. The standard InChI is InChI=1S/C20H22F3N3O3/c1-24-26(16-5-3-2-4-6-16)19(27)15-11-17(14-7-9-28-10-8-14)18(25-12-15)29-13-20(21,22)23/h2-6,11-12,14,24H,7-10,13H2,1H3. The first-order chi connectivity index (χ1) is 13.9. The van der Waals surface area contributed by atoms with E-state index >= 15 is 0 Å². The fraction of sp³-hybridized carbons (Fsp3) is 0.400. The van der Waals surface area contributed by atoms with Gasteiger partial charge in [0.25, 0.3) is 5.91 Å². The fourth-order valence-electron chi connectivity index (χ4n) is 3.21. The minimum absolute atomic E-state index is 0.0907. The largest absolute Gasteiger partial charge is 0.468 e. The second-order valence-corrected chi connectivity index (χ2v) is 6.61. The van der Waals surface area contributed by atoms with Crippen LogP contribution in [0.15, 0.2) is 42.6 Å². The van der Waals surface area contributed by atoms with Crippen LogP contribution < -0.4 is 15.2 Å². The molecule has 9 heteroatoms. The number of para-hydroxylation sites is 1. The number of nitrogens with zero attached hydrogens (tertiary/aromatic N) is 2. The Morgan fingerprint density at radius 2 is 1.97 bits per heavy atom. The lowest BCUT2D eigenvalue weighted by atomic mass is 9.91. The molecule has 0 unspecified atom stereocenters. The summed E-state index contributed by atoms with van der Waals surface area (Å²) in [4.78, 5) is 17.1. The Bertz CT molecular complexity index is 825. The summed E-state index contributed by atoms with van der Waals surface area (Å²) in [5.74, 6) is -0.560. The Hall–Kier alpha value is -2.65. The molecular weight excluding hydrogens is 387 g/mol. The lowest BCUT2D eigenvalue weighted by Gasteiger charge is -2.25. The van der Waals surface area contributed by atoms with E-state index in [-0.39, 0.29) is 23.3 Å². The Kier molecular flexibility index (Phi) is 6.71. The lowest BCUT2D eigenvalue weighted by molar-refractivity contribution is -0.154. The van der Waals surface area contributed by atoms with Crippen molar-refractivity contribution in [2.75, 3.05) is 31.9 Å². The third-order valence-corrected chi connectivity index (χ3v) is 4.60. The molecular formula is C20H22F3N3O3. The van der Waals surface area contributed by atoms with E-state index in [4.69, 9.17) is 9.47 Å². The average molecular weight is 409 g/mol. The predicted octanol–water partition coefficient (Wildman–Crippen LogP) is 3.70. The normalized spacial score (nSPS) is 15.2. The van der Waals surface area contributed by atoms with Gasteiger partial charge in [-0.3, -0.25) is 4.79 Å². The maximum absolute atomic E-state index is 13.0. The van der Waals surface area contributed by atoms with Gasteiger partial charge in [-0.1, -0.05) is 18.2 Å². The summed E-state index contributed by atoms with van der Waals surface area (Å²) in [6.45, 7) is -0.446. The van der Waals surface area contributed by atoms with Crippen LogP contribution in [0, 0.1) is 0 Å². The topological polar surface area (TPSA) is 63.7 Å². The number of carbonyl (C=O) groups is 1. The molecule has 1 aliphatic rings. The number of benzene rings is 1. The number of aromatic nitrogens is 1. The summed E-state index contributed by atoms with van der Waals surface area (Å²) in [5.41, 5.74) is 4.21. The van der Waals surface area contributed by atoms with Crippen LogP contribution in [0.2, 0.25) is 0 Å². The number of ether oxygens (including phenoxy) is 2. The van der Waals surface area contributed by atoms with Crippen LogP contribution in [0.25, 0.3) is 0 Å². The smallest absolute Gasteiger partial charge is 0.422 e. The van der Waals surface area contributed by atoms with E-state index in [1.165, 1.54) is 11.2 Å². The van der Waals surface area contributed by atoms with Crippen molar-refractivity contribution in [3.05, 3.63) is 53.7 Å². The van der Waals surface area contributed by atoms with E-state index in [1.54, 1.807) is 37.4 Å². The van der Waals surface area contributed by atoms with Crippen molar-refractivity contribution in [3.63, 3.8) is 0 Å². The molecule has 1 aliphatic heterocycles. The van der Waals surface area contributed by atoms with Crippen molar-refractivity contribution in [1.82, 2.24) is 10.4 Å². The van der Waals surface area contributed by atoms with E-state index in [2.05, 4.69) is 10.4 Å². The fourth-order valence-corrected chi connectivity index (χ4v) is 3.21. The number of alkyl halides is 3. The van der Waals surface area contributed by atoms with Gasteiger partial charge in [0, 0.05) is 32.0 Å². The summed E-state index contributed by atoms with van der Waals surface area (Å²) >= 11 is 0. The molecule has 0 atom stereocenters. The first-order valence-electron chi connectivity index (χ1n) is 9.23. The van der Waals surface area contributed by atoms with Gasteiger partial charge in [0.1, 0.15) is 0 Å². The summed E-state index contributed by atoms with van der Waals surface area (Å²) in [5, 5.41) is 1.35. The number of hydrogen-bond acceptors (Lipinski definition) is 5. The summed E-state index contributed by atoms with van der Waals surface area (Å²) in [6, 6.07) is 10.5. The van der Waals surface area contributed by atoms with Gasteiger partial charge in [-0.2, -0.15) is 13.2 Å². The van der Waals surface area contributed by atoms with Crippen molar-refractivity contribution in [1.29, 1.82) is 0 Å². The van der Waals surface area contributed by atoms with Crippen molar-refractivity contribution in [3.8, 4) is 5.88 Å². The highest BCUT2D eigenvalue weighted by atomic mass is 19.4. The zero-order chi connectivity index (χ0) is 20.9. The van der Waals surface area contributed by atoms with Gasteiger partial charge in [0.05, 0.1) is 11.3 Å². The van der Waals surface area contributed by atoms with Crippen LogP contribution in [0.4, 0.5) is 18.9 Å². The second-order valence-electron chi connectivity index (χ2n) is 6.61. The molecule has 29 heavy (non-hydrogen) atoms. The molecule has 1 N–H and O–H groups in total. The van der Waals surface area contributed by atoms with Gasteiger partial charge in [-0.05, 0) is 37.0 Å². The third kappa shape index (κ3) is 5.45. The molecule has 2 aromatic rings. The Balaban J connectivity index is 1.91. The number of rotatable bonds is 6. The number of carbonyl (C=O) groups excluding carboxylic acids is 1. The van der Waals surface area contributed by atoms with Crippen LogP contribution in [-0.2, 0) is 4.74 Å². The number of halogens is 3. The molecule has 156 valence electrons. The molecule has 0 spiro atoms. The molecule has 1 aromatic heterocycles. The average Bonchev–Trinajstić information content (AvgIpc) is 2.73. The van der Waals surface area contributed by atoms with E-state index in [0.29, 0.717) is 37.3 Å². The van der Waals surface area contributed by atoms with Crippen LogP contribution in [0.5, 0.6) is 5.88 Å². The number of nitrogens with one attached hydrogen (secondary N) is 1. The molecule has 3 rings (SSSR count). The van der Waals surface area contributed by atoms with Crippen LogP contribution >= 0.6 is 0 Å². The van der Waals surface area contributed by atoms with Gasteiger partial charge in [-0.25, -0.2) is 15.4 Å². The van der Waals surface area contributed by atoms with Gasteiger partial charge < -0.3 is 9.47 Å². The third-order valence-electron chi connectivity index (χ3n) is 4.60. The number of hydrazine groups is 1. The van der Waals surface area contributed by atoms with Crippen LogP contribution in [0.1, 0.15) is 34.7 Å². The SMILES string of the molecule is CNN(C(=O)c1cnc(OCC(F)(F)F)c(C2CCOCC2)c1)c1ccccc1. The molecule has 0 saturated carbocycles. The molecule has 0 aliphatic carbocycles. The minimum Gasteiger partial charge on any atom is -0.468 e. The van der Waals surface area contributed by atoms with E-state index in [9.17, 15) is 18.0 Å². The first kappa shape index (κ1) is 21.1. The maximum atomic E-state index is 13.0. The Labute approximate surface area is 166 Å². The highest BCUT2D eigenvalue weighted by Gasteiger charge is 2.31. The molecule has 0 radical (unpaired) electrons. The highest BCUT2D eigenvalue weighted by molar-refractivity contribution is 6.05. The Morgan fingerprint density at radius 1 is 1.28 bits per heavy atom. The monoisotopic (exact) mass is 409 g/mol. The quantitative estimate of drug-likeness (QED) is 0.738. The van der Waals surface area contributed by atoms with E-state index < -0.39 is 12.8 Å². The van der Waals surface area contributed by atoms with Gasteiger partial charge in [0.2, 0.25) is 5.88 Å². The van der Waals surface area contributed by atoms with Crippen molar-refractivity contribution >= 4 is 11.6 Å². The van der Waals surface area contributed by atoms with Gasteiger partial charge in [0.15, 0.2) is 6.61 Å². The molecule has 0 bridgehead atoms. The van der Waals surface area contributed by atoms with Crippen molar-refractivity contribution in [2.45, 2.75) is 24.9 Å². The molecule has 1 amide bonds. The second kappa shape index (κ2) is 9.23. The Morgan fingerprint density at radius 3 is 2.59 bits per heavy atom. The number of anilines is 1. The van der Waals surface area contributed by atoms with Gasteiger partial charge in [-0.15, -0.1) is 0 Å².